The molecule has 1 aromatic rings. The molecule has 0 spiro atoms. The van der Waals surface area contributed by atoms with Crippen molar-refractivity contribution in [2.24, 2.45) is 0 Å². The van der Waals surface area contributed by atoms with Crippen molar-refractivity contribution in [1.82, 2.24) is 15.3 Å². The lowest BCUT2D eigenvalue weighted by atomic mass is 10.5. The molecular weight excluding hydrogens is 262 g/mol. The number of nitrogens with one attached hydrogen (secondary N) is 2. The Morgan fingerprint density at radius 2 is 2.27 bits per heavy atom. The van der Waals surface area contributed by atoms with Crippen LogP contribution in [0.4, 0.5) is 11.8 Å². The SMILES string of the molecule is CC(=O)NCCNc1nc(N)cc(Br)n1. The lowest BCUT2D eigenvalue weighted by Crippen LogP contribution is -2.26. The highest BCUT2D eigenvalue weighted by Crippen LogP contribution is 2.11. The Morgan fingerprint density at radius 1 is 1.53 bits per heavy atom. The smallest absolute Gasteiger partial charge is 0.225 e. The van der Waals surface area contributed by atoms with Crippen molar-refractivity contribution in [3.05, 3.63) is 10.7 Å². The van der Waals surface area contributed by atoms with Crippen LogP contribution in [-0.4, -0.2) is 29.0 Å². The fourth-order valence-corrected chi connectivity index (χ4v) is 1.33. The zero-order chi connectivity index (χ0) is 11.3. The molecule has 0 saturated carbocycles. The van der Waals surface area contributed by atoms with E-state index in [2.05, 4.69) is 36.5 Å². The minimum atomic E-state index is -0.0634. The summed E-state index contributed by atoms with van der Waals surface area (Å²) in [6.45, 7) is 2.54. The van der Waals surface area contributed by atoms with Gasteiger partial charge in [0.05, 0.1) is 0 Å². The van der Waals surface area contributed by atoms with E-state index in [4.69, 9.17) is 5.73 Å². The van der Waals surface area contributed by atoms with Crippen molar-refractivity contribution in [2.75, 3.05) is 24.1 Å². The molecule has 0 fully saturated rings. The normalized spacial score (nSPS) is 9.73. The van der Waals surface area contributed by atoms with Gasteiger partial charge in [-0.05, 0) is 15.9 Å². The molecule has 1 heterocycles. The van der Waals surface area contributed by atoms with Gasteiger partial charge in [0, 0.05) is 26.1 Å². The van der Waals surface area contributed by atoms with Gasteiger partial charge in [-0.25, -0.2) is 4.98 Å². The number of rotatable bonds is 4. The lowest BCUT2D eigenvalue weighted by Gasteiger charge is -2.05. The highest BCUT2D eigenvalue weighted by Gasteiger charge is 1.99. The highest BCUT2D eigenvalue weighted by atomic mass is 79.9. The summed E-state index contributed by atoms with van der Waals surface area (Å²) in [5.41, 5.74) is 5.52. The van der Waals surface area contributed by atoms with Crippen LogP contribution in [0.1, 0.15) is 6.92 Å². The van der Waals surface area contributed by atoms with Crippen LogP contribution in [0.5, 0.6) is 0 Å². The minimum Gasteiger partial charge on any atom is -0.383 e. The summed E-state index contributed by atoms with van der Waals surface area (Å²) in [6, 6.07) is 1.61. The van der Waals surface area contributed by atoms with E-state index in [0.29, 0.717) is 29.5 Å². The van der Waals surface area contributed by atoms with Crippen LogP contribution in [-0.2, 0) is 4.79 Å². The average Bonchev–Trinajstić information content (AvgIpc) is 2.10. The third-order valence-corrected chi connectivity index (χ3v) is 1.90. The van der Waals surface area contributed by atoms with Gasteiger partial charge in [-0.15, -0.1) is 0 Å². The van der Waals surface area contributed by atoms with Gasteiger partial charge in [0.2, 0.25) is 11.9 Å². The van der Waals surface area contributed by atoms with Gasteiger partial charge in [0.15, 0.2) is 0 Å². The van der Waals surface area contributed by atoms with Crippen LogP contribution in [0.25, 0.3) is 0 Å². The van der Waals surface area contributed by atoms with Crippen molar-refractivity contribution in [2.45, 2.75) is 6.92 Å². The number of hydrogen-bond donors (Lipinski definition) is 3. The Morgan fingerprint density at radius 3 is 2.87 bits per heavy atom. The maximum atomic E-state index is 10.6. The van der Waals surface area contributed by atoms with Gasteiger partial charge in [0.25, 0.3) is 0 Å². The van der Waals surface area contributed by atoms with Crippen LogP contribution < -0.4 is 16.4 Å². The predicted octanol–water partition coefficient (Wildman–Crippen LogP) is 0.369. The molecule has 0 radical (unpaired) electrons. The summed E-state index contributed by atoms with van der Waals surface area (Å²) < 4.78 is 0.622. The quantitative estimate of drug-likeness (QED) is 0.545. The molecule has 0 aliphatic rings. The summed E-state index contributed by atoms with van der Waals surface area (Å²) in [5, 5.41) is 5.58. The molecule has 0 aliphatic carbocycles. The number of hydrogen-bond acceptors (Lipinski definition) is 5. The van der Waals surface area contributed by atoms with E-state index in [1.807, 2.05) is 0 Å². The molecule has 1 rings (SSSR count). The number of amides is 1. The first-order chi connectivity index (χ1) is 7.08. The molecule has 1 aromatic heterocycles. The Labute approximate surface area is 95.8 Å². The topological polar surface area (TPSA) is 92.9 Å². The average molecular weight is 274 g/mol. The number of nitrogens with zero attached hydrogens (tertiary/aromatic N) is 2. The van der Waals surface area contributed by atoms with E-state index in [1.54, 1.807) is 6.07 Å². The third kappa shape index (κ3) is 4.59. The van der Waals surface area contributed by atoms with Crippen molar-refractivity contribution >= 4 is 33.6 Å². The Kier molecular flexibility index (Phi) is 4.29. The maximum Gasteiger partial charge on any atom is 0.225 e. The Bertz CT molecular complexity index is 337. The number of halogens is 1. The zero-order valence-electron chi connectivity index (χ0n) is 8.25. The summed E-state index contributed by atoms with van der Waals surface area (Å²) in [7, 11) is 0. The van der Waals surface area contributed by atoms with Gasteiger partial charge in [0.1, 0.15) is 10.4 Å². The molecule has 7 heteroatoms. The van der Waals surface area contributed by atoms with Gasteiger partial charge in [-0.1, -0.05) is 0 Å². The van der Waals surface area contributed by atoms with Gasteiger partial charge in [-0.3, -0.25) is 4.79 Å². The third-order valence-electron chi connectivity index (χ3n) is 1.50. The van der Waals surface area contributed by atoms with E-state index in [0.717, 1.165) is 0 Å². The number of nitrogens with two attached hydrogens (primary N) is 1. The summed E-state index contributed by atoms with van der Waals surface area (Å²) in [4.78, 5) is 18.6. The molecule has 82 valence electrons. The molecule has 0 aliphatic heterocycles. The minimum absolute atomic E-state index is 0.0634. The second-order valence-electron chi connectivity index (χ2n) is 2.85. The standard InChI is InChI=1S/C8H12BrN5O/c1-5(15)11-2-3-12-8-13-6(9)4-7(10)14-8/h4H,2-3H2,1H3,(H,11,15)(H3,10,12,13,14). The number of anilines is 2. The van der Waals surface area contributed by atoms with Crippen LogP contribution in [0, 0.1) is 0 Å². The van der Waals surface area contributed by atoms with Crippen LogP contribution in [0.2, 0.25) is 0 Å². The molecular formula is C8H12BrN5O. The van der Waals surface area contributed by atoms with Gasteiger partial charge < -0.3 is 16.4 Å². The first-order valence-corrected chi connectivity index (χ1v) is 5.15. The number of carbonyl (C=O) groups is 1. The molecule has 15 heavy (non-hydrogen) atoms. The Hall–Kier alpha value is -1.37. The van der Waals surface area contributed by atoms with Crippen LogP contribution in [0.3, 0.4) is 0 Å². The first kappa shape index (κ1) is 11.7. The summed E-state index contributed by atoms with van der Waals surface area (Å²) >= 11 is 3.20. The fraction of sp³-hybridized carbons (Fsp3) is 0.375. The molecule has 0 unspecified atom stereocenters. The molecule has 1 amide bonds. The number of aromatic nitrogens is 2. The molecule has 0 saturated heterocycles. The van der Waals surface area contributed by atoms with E-state index >= 15 is 0 Å². The summed E-state index contributed by atoms with van der Waals surface area (Å²) in [6.07, 6.45) is 0. The maximum absolute atomic E-state index is 10.6. The van der Waals surface area contributed by atoms with Crippen molar-refractivity contribution in [3.8, 4) is 0 Å². The van der Waals surface area contributed by atoms with Crippen molar-refractivity contribution < 1.29 is 4.79 Å². The molecule has 4 N–H and O–H groups in total. The van der Waals surface area contributed by atoms with E-state index in [-0.39, 0.29) is 5.91 Å². The molecule has 6 nitrogen and oxygen atoms in total. The number of carbonyl (C=O) groups excluding carboxylic acids is 1. The van der Waals surface area contributed by atoms with E-state index in [1.165, 1.54) is 6.92 Å². The fourth-order valence-electron chi connectivity index (χ4n) is 0.927. The van der Waals surface area contributed by atoms with Crippen LogP contribution >= 0.6 is 15.9 Å². The molecule has 0 bridgehead atoms. The second kappa shape index (κ2) is 5.50. The number of nitrogen functional groups attached to an aromatic ring is 1. The highest BCUT2D eigenvalue weighted by molar-refractivity contribution is 9.10. The largest absolute Gasteiger partial charge is 0.383 e. The molecule has 0 atom stereocenters. The first-order valence-electron chi connectivity index (χ1n) is 4.36. The predicted molar refractivity (Wildman–Crippen MR) is 61.3 cm³/mol. The zero-order valence-corrected chi connectivity index (χ0v) is 9.84. The van der Waals surface area contributed by atoms with Crippen molar-refractivity contribution in [3.63, 3.8) is 0 Å². The molecule has 0 aromatic carbocycles. The van der Waals surface area contributed by atoms with Crippen molar-refractivity contribution in [1.29, 1.82) is 0 Å². The monoisotopic (exact) mass is 273 g/mol. The summed E-state index contributed by atoms with van der Waals surface area (Å²) in [5.74, 6) is 0.762. The van der Waals surface area contributed by atoms with Gasteiger partial charge >= 0.3 is 0 Å². The second-order valence-corrected chi connectivity index (χ2v) is 3.66. The van der Waals surface area contributed by atoms with E-state index < -0.39 is 0 Å². The van der Waals surface area contributed by atoms with Gasteiger partial charge in [-0.2, -0.15) is 4.98 Å². The lowest BCUT2D eigenvalue weighted by molar-refractivity contribution is -0.118. The Balaban J connectivity index is 2.40. The van der Waals surface area contributed by atoms with E-state index in [9.17, 15) is 4.79 Å². The van der Waals surface area contributed by atoms with Crippen LogP contribution in [0.15, 0.2) is 10.7 Å².